The van der Waals surface area contributed by atoms with Crippen LogP contribution >= 0.6 is 23.2 Å². The van der Waals surface area contributed by atoms with Gasteiger partial charge in [-0.05, 0) is 42.5 Å². The van der Waals surface area contributed by atoms with Gasteiger partial charge in [-0.15, -0.1) is 0 Å². The van der Waals surface area contributed by atoms with E-state index in [1.807, 2.05) is 0 Å². The first-order valence-electron chi connectivity index (χ1n) is 6.47. The number of nitrogens with one attached hydrogen (secondary N) is 1. The van der Waals surface area contributed by atoms with E-state index < -0.39 is 0 Å². The standard InChI is InChI=1S/C16H11Cl2FN2O/c1-21-14-8-11(19)4-2-9(14)6-15(21)16(22)20-13-7-10(17)3-5-12(13)18/h2-8H,1H3,(H,20,22). The highest BCUT2D eigenvalue weighted by Crippen LogP contribution is 2.27. The molecule has 0 unspecified atom stereocenters. The second-order valence-electron chi connectivity index (χ2n) is 4.87. The molecule has 2 aromatic carbocycles. The fourth-order valence-corrected chi connectivity index (χ4v) is 2.64. The largest absolute Gasteiger partial charge is 0.340 e. The molecule has 0 spiro atoms. The maximum absolute atomic E-state index is 13.3. The lowest BCUT2D eigenvalue weighted by atomic mass is 10.2. The lowest BCUT2D eigenvalue weighted by molar-refractivity contribution is 0.101. The van der Waals surface area contributed by atoms with E-state index in [1.165, 1.54) is 12.1 Å². The molecule has 1 heterocycles. The Labute approximate surface area is 136 Å². The molecule has 0 bridgehead atoms. The molecule has 1 N–H and O–H groups in total. The summed E-state index contributed by atoms with van der Waals surface area (Å²) in [6, 6.07) is 10.9. The van der Waals surface area contributed by atoms with Gasteiger partial charge in [0.2, 0.25) is 0 Å². The third-order valence-electron chi connectivity index (χ3n) is 3.42. The van der Waals surface area contributed by atoms with Crippen molar-refractivity contribution < 1.29 is 9.18 Å². The minimum Gasteiger partial charge on any atom is -0.340 e. The van der Waals surface area contributed by atoms with Crippen LogP contribution in [0.25, 0.3) is 10.9 Å². The highest BCUT2D eigenvalue weighted by molar-refractivity contribution is 6.35. The van der Waals surface area contributed by atoms with Crippen LogP contribution in [0.2, 0.25) is 10.0 Å². The number of halogens is 3. The fourth-order valence-electron chi connectivity index (χ4n) is 2.30. The summed E-state index contributed by atoms with van der Waals surface area (Å²) < 4.78 is 15.0. The number of fused-ring (bicyclic) bond motifs is 1. The average molecular weight is 337 g/mol. The molecule has 6 heteroatoms. The second-order valence-corrected chi connectivity index (χ2v) is 5.71. The van der Waals surface area contributed by atoms with Gasteiger partial charge in [0.15, 0.2) is 0 Å². The monoisotopic (exact) mass is 336 g/mol. The number of nitrogens with zero attached hydrogens (tertiary/aromatic N) is 1. The molecular formula is C16H11Cl2FN2O. The van der Waals surface area contributed by atoms with Gasteiger partial charge in [0.25, 0.3) is 5.91 Å². The topological polar surface area (TPSA) is 34.0 Å². The van der Waals surface area contributed by atoms with E-state index >= 15 is 0 Å². The molecule has 0 saturated heterocycles. The van der Waals surface area contributed by atoms with Crippen molar-refractivity contribution in [3.63, 3.8) is 0 Å². The number of anilines is 1. The van der Waals surface area contributed by atoms with E-state index in [9.17, 15) is 9.18 Å². The van der Waals surface area contributed by atoms with Crippen LogP contribution in [0.4, 0.5) is 10.1 Å². The van der Waals surface area contributed by atoms with Crippen LogP contribution in [0.3, 0.4) is 0 Å². The zero-order chi connectivity index (χ0) is 15.9. The Hall–Kier alpha value is -2.04. The van der Waals surface area contributed by atoms with Crippen molar-refractivity contribution >= 4 is 45.7 Å². The maximum atomic E-state index is 13.3. The normalized spacial score (nSPS) is 10.9. The predicted molar refractivity (Wildman–Crippen MR) is 87.3 cm³/mol. The lowest BCUT2D eigenvalue weighted by Gasteiger charge is -2.08. The Morgan fingerprint density at radius 2 is 1.91 bits per heavy atom. The number of hydrogen-bond donors (Lipinski definition) is 1. The minimum atomic E-state index is -0.349. The first-order valence-corrected chi connectivity index (χ1v) is 7.22. The van der Waals surface area contributed by atoms with E-state index in [0.717, 1.165) is 5.39 Å². The number of amides is 1. The SMILES string of the molecule is Cn1c(C(=O)Nc2cc(Cl)ccc2Cl)cc2ccc(F)cc21. The summed E-state index contributed by atoms with van der Waals surface area (Å²) in [5.74, 6) is -0.693. The number of carbonyl (C=O) groups excluding carboxylic acids is 1. The van der Waals surface area contributed by atoms with Crippen LogP contribution in [-0.2, 0) is 7.05 Å². The molecule has 3 nitrogen and oxygen atoms in total. The van der Waals surface area contributed by atoms with Crippen molar-refractivity contribution in [2.75, 3.05) is 5.32 Å². The van der Waals surface area contributed by atoms with Crippen molar-refractivity contribution in [1.82, 2.24) is 4.57 Å². The van der Waals surface area contributed by atoms with Crippen molar-refractivity contribution in [2.24, 2.45) is 7.05 Å². The van der Waals surface area contributed by atoms with E-state index in [1.54, 1.807) is 41.9 Å². The Morgan fingerprint density at radius 1 is 1.14 bits per heavy atom. The van der Waals surface area contributed by atoms with Crippen molar-refractivity contribution in [2.45, 2.75) is 0 Å². The molecule has 0 radical (unpaired) electrons. The number of aromatic nitrogens is 1. The van der Waals surface area contributed by atoms with E-state index in [0.29, 0.717) is 26.9 Å². The molecule has 0 fully saturated rings. The molecule has 0 aliphatic rings. The van der Waals surface area contributed by atoms with Gasteiger partial charge < -0.3 is 9.88 Å². The van der Waals surface area contributed by atoms with Gasteiger partial charge in [-0.25, -0.2) is 4.39 Å². The van der Waals surface area contributed by atoms with E-state index in [4.69, 9.17) is 23.2 Å². The molecule has 0 atom stereocenters. The third-order valence-corrected chi connectivity index (χ3v) is 3.98. The summed E-state index contributed by atoms with van der Waals surface area (Å²) >= 11 is 11.9. The lowest BCUT2D eigenvalue weighted by Crippen LogP contribution is -2.15. The van der Waals surface area contributed by atoms with Gasteiger partial charge in [-0.3, -0.25) is 4.79 Å². The fraction of sp³-hybridized carbons (Fsp3) is 0.0625. The minimum absolute atomic E-state index is 0.344. The van der Waals surface area contributed by atoms with Crippen LogP contribution in [0.5, 0.6) is 0 Å². The molecule has 0 aliphatic heterocycles. The highest BCUT2D eigenvalue weighted by Gasteiger charge is 2.15. The summed E-state index contributed by atoms with van der Waals surface area (Å²) in [6.07, 6.45) is 0. The summed E-state index contributed by atoms with van der Waals surface area (Å²) in [5.41, 5.74) is 1.47. The summed E-state index contributed by atoms with van der Waals surface area (Å²) in [6.45, 7) is 0. The molecule has 112 valence electrons. The number of benzene rings is 2. The molecular weight excluding hydrogens is 326 g/mol. The zero-order valence-corrected chi connectivity index (χ0v) is 13.0. The van der Waals surface area contributed by atoms with Crippen molar-refractivity contribution in [1.29, 1.82) is 0 Å². The average Bonchev–Trinajstić information content (AvgIpc) is 2.80. The summed E-state index contributed by atoms with van der Waals surface area (Å²) in [4.78, 5) is 12.4. The van der Waals surface area contributed by atoms with Gasteiger partial charge in [0.1, 0.15) is 11.5 Å². The maximum Gasteiger partial charge on any atom is 0.272 e. The van der Waals surface area contributed by atoms with Gasteiger partial charge in [0, 0.05) is 17.5 Å². The van der Waals surface area contributed by atoms with Crippen LogP contribution < -0.4 is 5.32 Å². The van der Waals surface area contributed by atoms with Gasteiger partial charge in [-0.1, -0.05) is 23.2 Å². The van der Waals surface area contributed by atoms with Crippen LogP contribution in [0.15, 0.2) is 42.5 Å². The first kappa shape index (κ1) is 14.9. The zero-order valence-electron chi connectivity index (χ0n) is 11.5. The Morgan fingerprint density at radius 3 is 2.68 bits per heavy atom. The first-order chi connectivity index (χ1) is 10.5. The molecule has 22 heavy (non-hydrogen) atoms. The highest BCUT2D eigenvalue weighted by atomic mass is 35.5. The van der Waals surface area contributed by atoms with Gasteiger partial charge >= 0.3 is 0 Å². The Kier molecular flexibility index (Phi) is 3.81. The quantitative estimate of drug-likeness (QED) is 0.711. The van der Waals surface area contributed by atoms with E-state index in [2.05, 4.69) is 5.32 Å². The van der Waals surface area contributed by atoms with Crippen LogP contribution in [-0.4, -0.2) is 10.5 Å². The van der Waals surface area contributed by atoms with Crippen molar-refractivity contribution in [3.8, 4) is 0 Å². The molecule has 0 aliphatic carbocycles. The molecule has 3 aromatic rings. The Bertz CT molecular complexity index is 889. The number of hydrogen-bond acceptors (Lipinski definition) is 1. The van der Waals surface area contributed by atoms with Gasteiger partial charge in [-0.2, -0.15) is 0 Å². The van der Waals surface area contributed by atoms with Crippen LogP contribution in [0, 0.1) is 5.82 Å². The smallest absolute Gasteiger partial charge is 0.272 e. The van der Waals surface area contributed by atoms with E-state index in [-0.39, 0.29) is 11.7 Å². The van der Waals surface area contributed by atoms with Crippen LogP contribution in [0.1, 0.15) is 10.5 Å². The summed E-state index contributed by atoms with van der Waals surface area (Å²) in [7, 11) is 1.70. The number of aryl methyl sites for hydroxylation is 1. The number of carbonyl (C=O) groups is 1. The third kappa shape index (κ3) is 2.67. The van der Waals surface area contributed by atoms with Gasteiger partial charge in [0.05, 0.1) is 16.2 Å². The number of rotatable bonds is 2. The second kappa shape index (κ2) is 5.63. The predicted octanol–water partition coefficient (Wildman–Crippen LogP) is 4.88. The molecule has 0 saturated carbocycles. The molecule has 3 rings (SSSR count). The van der Waals surface area contributed by atoms with Crippen molar-refractivity contribution in [3.05, 3.63) is 64.0 Å². The molecule has 1 aromatic heterocycles. The Balaban J connectivity index is 1.99. The molecule has 1 amide bonds. The summed E-state index contributed by atoms with van der Waals surface area (Å²) in [5, 5.41) is 4.36.